The number of anilines is 1. The van der Waals surface area contributed by atoms with Crippen molar-refractivity contribution < 1.29 is 27.5 Å². The van der Waals surface area contributed by atoms with Crippen molar-refractivity contribution in [3.63, 3.8) is 0 Å². The Bertz CT molecular complexity index is 1070. The van der Waals surface area contributed by atoms with E-state index in [1.54, 1.807) is 19.9 Å². The van der Waals surface area contributed by atoms with Crippen LogP contribution in [0.1, 0.15) is 54.5 Å². The van der Waals surface area contributed by atoms with Crippen LogP contribution in [0.3, 0.4) is 0 Å². The second-order valence-electron chi connectivity index (χ2n) is 8.08. The van der Waals surface area contributed by atoms with E-state index in [9.17, 15) is 22.8 Å². The van der Waals surface area contributed by atoms with Crippen LogP contribution in [0, 0.1) is 12.8 Å². The number of benzene rings is 1. The lowest BCUT2D eigenvalue weighted by Crippen LogP contribution is -2.39. The number of hydrogen-bond acceptors (Lipinski definition) is 5. The monoisotopic (exact) mass is 462 g/mol. The van der Waals surface area contributed by atoms with Crippen LogP contribution in [-0.4, -0.2) is 34.1 Å². The van der Waals surface area contributed by atoms with E-state index >= 15 is 0 Å². The quantitative estimate of drug-likeness (QED) is 0.535. The maximum Gasteiger partial charge on any atom is 0.330 e. The molecule has 176 valence electrons. The first kappa shape index (κ1) is 24.2. The highest BCUT2D eigenvalue weighted by Crippen LogP contribution is 2.33. The van der Waals surface area contributed by atoms with E-state index in [-0.39, 0.29) is 29.2 Å². The number of rotatable bonds is 9. The Hall–Kier alpha value is -3.43. The molecule has 0 bridgehead atoms. The first-order valence-corrected chi connectivity index (χ1v) is 10.4. The van der Waals surface area contributed by atoms with E-state index in [2.05, 4.69) is 27.2 Å². The van der Waals surface area contributed by atoms with Crippen molar-refractivity contribution in [1.29, 1.82) is 0 Å². The first-order chi connectivity index (χ1) is 15.5. The molecular formula is C23H25F3N4O3. The first-order valence-electron chi connectivity index (χ1n) is 10.4. The van der Waals surface area contributed by atoms with Crippen molar-refractivity contribution in [3.05, 3.63) is 59.4 Å². The van der Waals surface area contributed by atoms with Crippen molar-refractivity contribution >= 4 is 17.8 Å². The van der Waals surface area contributed by atoms with Crippen LogP contribution in [0.5, 0.6) is 5.75 Å². The van der Waals surface area contributed by atoms with Gasteiger partial charge in [-0.05, 0) is 57.4 Å². The Morgan fingerprint density at radius 3 is 2.55 bits per heavy atom. The number of ether oxygens (including phenoxy) is 1. The van der Waals surface area contributed by atoms with Crippen LogP contribution in [0.25, 0.3) is 0 Å². The molecule has 3 rings (SSSR count). The van der Waals surface area contributed by atoms with Crippen LogP contribution < -0.4 is 15.4 Å². The van der Waals surface area contributed by atoms with Gasteiger partial charge in [-0.2, -0.15) is 4.39 Å². The van der Waals surface area contributed by atoms with Gasteiger partial charge in [0, 0.05) is 17.2 Å². The second kappa shape index (κ2) is 9.60. The van der Waals surface area contributed by atoms with Crippen molar-refractivity contribution in [2.45, 2.75) is 51.9 Å². The molecule has 2 aromatic rings. The molecule has 2 unspecified atom stereocenters. The maximum absolute atomic E-state index is 14.5. The molecule has 2 N–H and O–H groups in total. The van der Waals surface area contributed by atoms with E-state index in [1.165, 1.54) is 24.3 Å². The predicted molar refractivity (Wildman–Crippen MR) is 116 cm³/mol. The minimum absolute atomic E-state index is 0.0427. The average molecular weight is 462 g/mol. The number of carbonyl (C=O) groups is 2. The smallest absolute Gasteiger partial charge is 0.330 e. The Kier molecular flexibility index (Phi) is 7.04. The number of aryl methyl sites for hydroxylation is 1. The van der Waals surface area contributed by atoms with Gasteiger partial charge in [0.1, 0.15) is 11.4 Å². The molecule has 1 aromatic carbocycles. The maximum atomic E-state index is 14.5. The molecule has 0 radical (unpaired) electrons. The highest BCUT2D eigenvalue weighted by atomic mass is 19.3. The molecule has 1 fully saturated rings. The molecule has 33 heavy (non-hydrogen) atoms. The predicted octanol–water partition coefficient (Wildman–Crippen LogP) is 4.51. The molecule has 10 heteroatoms. The van der Waals surface area contributed by atoms with E-state index < -0.39 is 29.8 Å². The van der Waals surface area contributed by atoms with E-state index in [4.69, 9.17) is 4.74 Å². The minimum atomic E-state index is -3.42. The zero-order valence-corrected chi connectivity index (χ0v) is 18.5. The lowest BCUT2D eigenvalue weighted by molar-refractivity contribution is -0.138. The van der Waals surface area contributed by atoms with Crippen LogP contribution in [0.4, 0.5) is 19.1 Å². The van der Waals surface area contributed by atoms with Crippen molar-refractivity contribution in [2.75, 3.05) is 5.32 Å². The zero-order chi connectivity index (χ0) is 24.3. The number of carbonyl (C=O) groups excluding carboxylic acids is 2. The topological polar surface area (TPSA) is 93.2 Å². The summed E-state index contributed by atoms with van der Waals surface area (Å²) in [5.74, 6) is -4.17. The third-order valence-corrected chi connectivity index (χ3v) is 5.10. The Morgan fingerprint density at radius 1 is 1.24 bits per heavy atom. The summed E-state index contributed by atoms with van der Waals surface area (Å²) in [6.07, 6.45) is -1.79. The molecule has 0 aliphatic heterocycles. The van der Waals surface area contributed by atoms with Gasteiger partial charge >= 0.3 is 12.3 Å². The fraction of sp³-hybridized carbons (Fsp3) is 0.391. The van der Waals surface area contributed by atoms with E-state index in [0.717, 1.165) is 19.8 Å². The fourth-order valence-electron chi connectivity index (χ4n) is 2.99. The van der Waals surface area contributed by atoms with Crippen LogP contribution in [0.15, 0.2) is 42.5 Å². The van der Waals surface area contributed by atoms with Gasteiger partial charge in [0.25, 0.3) is 5.91 Å². The highest BCUT2D eigenvalue weighted by Gasteiger charge is 2.44. The molecule has 1 heterocycles. The van der Waals surface area contributed by atoms with Gasteiger partial charge in [-0.15, -0.1) is 0 Å². The van der Waals surface area contributed by atoms with Crippen LogP contribution >= 0.6 is 0 Å². The summed E-state index contributed by atoms with van der Waals surface area (Å²) < 4.78 is 45.8. The average Bonchev–Trinajstić information content (AvgIpc) is 3.58. The van der Waals surface area contributed by atoms with E-state index in [0.29, 0.717) is 11.3 Å². The van der Waals surface area contributed by atoms with Crippen LogP contribution in [-0.2, 0) is 4.79 Å². The highest BCUT2D eigenvalue weighted by molar-refractivity contribution is 5.95. The number of nitrogens with zero attached hydrogens (tertiary/aromatic N) is 2. The third kappa shape index (κ3) is 5.88. The summed E-state index contributed by atoms with van der Waals surface area (Å²) in [6.45, 7) is 7.69. The van der Waals surface area contributed by atoms with E-state index in [1.807, 2.05) is 0 Å². The molecule has 2 amide bonds. The second-order valence-corrected chi connectivity index (χ2v) is 8.08. The van der Waals surface area contributed by atoms with Gasteiger partial charge in [0.2, 0.25) is 11.9 Å². The number of hydrogen-bond donors (Lipinski definition) is 2. The van der Waals surface area contributed by atoms with Gasteiger partial charge in [-0.1, -0.05) is 18.7 Å². The fourth-order valence-corrected chi connectivity index (χ4v) is 2.99. The normalized spacial score (nSPS) is 16.0. The molecule has 1 aromatic heterocycles. The molecule has 0 spiro atoms. The minimum Gasteiger partial charge on any atom is -0.449 e. The van der Waals surface area contributed by atoms with Crippen LogP contribution in [0.2, 0.25) is 0 Å². The number of nitrogens with one attached hydrogen (secondary N) is 2. The van der Waals surface area contributed by atoms with Gasteiger partial charge in [-0.25, -0.2) is 18.7 Å². The SMILES string of the molecule is C=C(C)C(F)(Oc1cccc(C(C)NC(=O)c2cc(C)nc(NC(=O)C3CC3)n2)c1)C(F)F. The summed E-state index contributed by atoms with van der Waals surface area (Å²) in [7, 11) is 0. The molecule has 0 saturated heterocycles. The standard InChI is InChI=1S/C23H25F3N4O3/c1-12(2)23(26,21(24)25)33-17-7-5-6-16(11-17)14(4)28-20(32)18-10-13(3)27-22(29-18)30-19(31)15-8-9-15/h5-7,10-11,14-15,21H,1,8-9H2,2-4H3,(H,28,32)(H,27,29,30,31). The van der Waals surface area contributed by atoms with Gasteiger partial charge in [0.15, 0.2) is 0 Å². The summed E-state index contributed by atoms with van der Waals surface area (Å²) in [5.41, 5.74) is 0.575. The molecular weight excluding hydrogens is 437 g/mol. The van der Waals surface area contributed by atoms with Gasteiger partial charge in [-0.3, -0.25) is 14.9 Å². The van der Waals surface area contributed by atoms with Gasteiger partial charge in [0.05, 0.1) is 6.04 Å². The third-order valence-electron chi connectivity index (χ3n) is 5.10. The molecule has 2 atom stereocenters. The van der Waals surface area contributed by atoms with Crippen molar-refractivity contribution in [3.8, 4) is 5.75 Å². The Labute approximate surface area is 189 Å². The van der Waals surface area contributed by atoms with Gasteiger partial charge < -0.3 is 10.1 Å². The molecule has 7 nitrogen and oxygen atoms in total. The van der Waals surface area contributed by atoms with Crippen molar-refractivity contribution in [2.24, 2.45) is 5.92 Å². The Balaban J connectivity index is 1.72. The number of aromatic nitrogens is 2. The summed E-state index contributed by atoms with van der Waals surface area (Å²) >= 11 is 0. The number of amides is 2. The number of halogens is 3. The molecule has 1 saturated carbocycles. The number of alkyl halides is 3. The summed E-state index contributed by atoms with van der Waals surface area (Å²) in [5, 5.41) is 5.34. The Morgan fingerprint density at radius 2 is 1.94 bits per heavy atom. The molecule has 1 aliphatic rings. The molecule has 1 aliphatic carbocycles. The largest absolute Gasteiger partial charge is 0.449 e. The zero-order valence-electron chi connectivity index (χ0n) is 18.5. The lowest BCUT2D eigenvalue weighted by Gasteiger charge is -2.26. The summed E-state index contributed by atoms with van der Waals surface area (Å²) in [6, 6.07) is 6.70. The summed E-state index contributed by atoms with van der Waals surface area (Å²) in [4.78, 5) is 33.0. The lowest BCUT2D eigenvalue weighted by atomic mass is 10.1. The van der Waals surface area contributed by atoms with Crippen molar-refractivity contribution in [1.82, 2.24) is 15.3 Å².